The van der Waals surface area contributed by atoms with Crippen LogP contribution in [0.4, 0.5) is 0 Å². The van der Waals surface area contributed by atoms with Gasteiger partial charge in [0.25, 0.3) is 0 Å². The average Bonchev–Trinajstić information content (AvgIpc) is 2.31. The van der Waals surface area contributed by atoms with Gasteiger partial charge in [-0.2, -0.15) is 0 Å². The molecule has 0 fully saturated rings. The minimum Gasteiger partial charge on any atom is -0.393 e. The number of hydrogen-bond donors (Lipinski definition) is 2. The van der Waals surface area contributed by atoms with Gasteiger partial charge >= 0.3 is 0 Å². The molecule has 0 aliphatic carbocycles. The molecular weight excluding hydrogens is 251 g/mol. The van der Waals surface area contributed by atoms with E-state index >= 15 is 0 Å². The summed E-state index contributed by atoms with van der Waals surface area (Å²) in [6.45, 7) is -0.275. The fourth-order valence-corrected chi connectivity index (χ4v) is 2.33. The summed E-state index contributed by atoms with van der Waals surface area (Å²) in [5.41, 5.74) is 0. The third kappa shape index (κ3) is 2.16. The Hall–Kier alpha value is 0.390. The lowest BCUT2D eigenvalue weighted by Crippen LogP contribution is -1.98. The van der Waals surface area contributed by atoms with Gasteiger partial charge in [0, 0.05) is 9.35 Å². The molecule has 1 atom stereocenters. The van der Waals surface area contributed by atoms with E-state index in [1.54, 1.807) is 6.07 Å². The summed E-state index contributed by atoms with van der Waals surface area (Å²) < 4.78 is 1.35. The molecule has 0 radical (unpaired) electrons. The molecule has 5 heteroatoms. The summed E-state index contributed by atoms with van der Waals surface area (Å²) in [4.78, 5) is 0.671. The first-order chi connectivity index (χ1) is 5.15. The first-order valence-electron chi connectivity index (χ1n) is 2.88. The number of thiophene rings is 1. The highest BCUT2D eigenvalue weighted by molar-refractivity contribution is 9.10. The first kappa shape index (κ1) is 9.48. The highest BCUT2D eigenvalue weighted by atomic mass is 79.9. The Labute approximate surface area is 81.6 Å². The van der Waals surface area contributed by atoms with Crippen molar-refractivity contribution < 1.29 is 10.2 Å². The Morgan fingerprint density at radius 2 is 2.36 bits per heavy atom. The molecule has 0 aliphatic heterocycles. The van der Waals surface area contributed by atoms with Gasteiger partial charge in [-0.3, -0.25) is 0 Å². The minimum absolute atomic E-state index is 0.275. The summed E-state index contributed by atoms with van der Waals surface area (Å²) in [5.74, 6) is 0. The lowest BCUT2D eigenvalue weighted by molar-refractivity contribution is 0.0983. The zero-order valence-electron chi connectivity index (χ0n) is 5.42. The highest BCUT2D eigenvalue weighted by Gasteiger charge is 2.11. The van der Waals surface area contributed by atoms with Crippen molar-refractivity contribution in [3.63, 3.8) is 0 Å². The van der Waals surface area contributed by atoms with Gasteiger partial charge in [-0.1, -0.05) is 11.6 Å². The molecule has 1 heterocycles. The Kier molecular flexibility index (Phi) is 3.33. The van der Waals surface area contributed by atoms with Crippen molar-refractivity contribution in [1.82, 2.24) is 0 Å². The maximum absolute atomic E-state index is 9.15. The quantitative estimate of drug-likeness (QED) is 0.853. The lowest BCUT2D eigenvalue weighted by Gasteiger charge is -2.00. The van der Waals surface area contributed by atoms with Gasteiger partial charge in [0.15, 0.2) is 0 Å². The number of hydrogen-bond acceptors (Lipinski definition) is 3. The molecule has 2 nitrogen and oxygen atoms in total. The second-order valence-electron chi connectivity index (χ2n) is 1.97. The standard InChI is InChI=1S/C6H6BrClO2S/c7-3-1-5(4(10)2-9)11-6(3)8/h1,4,9-10H,2H2. The van der Waals surface area contributed by atoms with Crippen molar-refractivity contribution in [2.45, 2.75) is 6.10 Å². The van der Waals surface area contributed by atoms with Crippen LogP contribution < -0.4 is 0 Å². The van der Waals surface area contributed by atoms with Crippen LogP contribution in [0, 0.1) is 0 Å². The van der Waals surface area contributed by atoms with Crippen LogP contribution >= 0.6 is 38.9 Å². The van der Waals surface area contributed by atoms with E-state index in [1.165, 1.54) is 11.3 Å². The largest absolute Gasteiger partial charge is 0.393 e. The molecule has 1 rings (SSSR count). The van der Waals surface area contributed by atoms with Gasteiger partial charge in [0.1, 0.15) is 10.4 Å². The van der Waals surface area contributed by atoms with E-state index in [0.717, 1.165) is 4.47 Å². The zero-order chi connectivity index (χ0) is 8.43. The summed E-state index contributed by atoms with van der Waals surface area (Å²) in [5, 5.41) is 17.7. The van der Waals surface area contributed by atoms with E-state index in [0.29, 0.717) is 9.21 Å². The molecule has 1 aromatic rings. The van der Waals surface area contributed by atoms with Crippen molar-refractivity contribution in [3.05, 3.63) is 19.8 Å². The van der Waals surface area contributed by atoms with Gasteiger partial charge in [0.2, 0.25) is 0 Å². The monoisotopic (exact) mass is 256 g/mol. The number of aliphatic hydroxyl groups is 2. The van der Waals surface area contributed by atoms with Gasteiger partial charge < -0.3 is 10.2 Å². The van der Waals surface area contributed by atoms with E-state index in [9.17, 15) is 0 Å². The first-order valence-corrected chi connectivity index (χ1v) is 4.87. The molecule has 0 saturated heterocycles. The highest BCUT2D eigenvalue weighted by Crippen LogP contribution is 2.34. The SMILES string of the molecule is OCC(O)c1cc(Br)c(Cl)s1. The average molecular weight is 258 g/mol. The summed E-state index contributed by atoms with van der Waals surface area (Å²) in [6, 6.07) is 1.70. The van der Waals surface area contributed by atoms with Crippen LogP contribution in [0.3, 0.4) is 0 Å². The Bertz CT molecular complexity index is 231. The third-order valence-electron chi connectivity index (χ3n) is 1.17. The molecule has 0 aromatic carbocycles. The molecule has 0 aliphatic rings. The van der Waals surface area contributed by atoms with Crippen LogP contribution in [-0.2, 0) is 0 Å². The normalized spacial score (nSPS) is 13.5. The minimum atomic E-state index is -0.816. The molecule has 0 spiro atoms. The second-order valence-corrected chi connectivity index (χ2v) is 4.51. The van der Waals surface area contributed by atoms with E-state index in [1.807, 2.05) is 0 Å². The van der Waals surface area contributed by atoms with Crippen molar-refractivity contribution in [1.29, 1.82) is 0 Å². The topological polar surface area (TPSA) is 40.5 Å². The predicted molar refractivity (Wildman–Crippen MR) is 49.1 cm³/mol. The number of aliphatic hydroxyl groups excluding tert-OH is 2. The molecule has 0 saturated carbocycles. The van der Waals surface area contributed by atoms with Gasteiger partial charge in [0.05, 0.1) is 6.61 Å². The van der Waals surface area contributed by atoms with E-state index < -0.39 is 6.10 Å². The zero-order valence-corrected chi connectivity index (χ0v) is 8.58. The summed E-state index contributed by atoms with van der Waals surface area (Å²) in [6.07, 6.45) is -0.816. The lowest BCUT2D eigenvalue weighted by atomic mass is 10.3. The Balaban J connectivity index is 2.88. The predicted octanol–water partition coefficient (Wildman–Crippen LogP) is 2.19. The summed E-state index contributed by atoms with van der Waals surface area (Å²) in [7, 11) is 0. The molecule has 62 valence electrons. The van der Waals surface area contributed by atoms with Crippen LogP contribution in [0.5, 0.6) is 0 Å². The van der Waals surface area contributed by atoms with Crippen LogP contribution in [-0.4, -0.2) is 16.8 Å². The van der Waals surface area contributed by atoms with Crippen molar-refractivity contribution in [2.75, 3.05) is 6.61 Å². The van der Waals surface area contributed by atoms with Crippen LogP contribution in [0.15, 0.2) is 10.5 Å². The molecule has 0 amide bonds. The molecule has 11 heavy (non-hydrogen) atoms. The fourth-order valence-electron chi connectivity index (χ4n) is 0.618. The fraction of sp³-hybridized carbons (Fsp3) is 0.333. The van der Waals surface area contributed by atoms with Crippen LogP contribution in [0.2, 0.25) is 4.34 Å². The molecule has 1 aromatic heterocycles. The number of halogens is 2. The Morgan fingerprint density at radius 3 is 2.73 bits per heavy atom. The van der Waals surface area contributed by atoms with E-state index in [4.69, 9.17) is 21.8 Å². The van der Waals surface area contributed by atoms with Crippen LogP contribution in [0.1, 0.15) is 11.0 Å². The molecular formula is C6H6BrClO2S. The van der Waals surface area contributed by atoms with Crippen molar-refractivity contribution in [2.24, 2.45) is 0 Å². The maximum Gasteiger partial charge on any atom is 0.111 e. The third-order valence-corrected chi connectivity index (χ3v) is 3.74. The van der Waals surface area contributed by atoms with E-state index in [2.05, 4.69) is 15.9 Å². The maximum atomic E-state index is 9.15. The summed E-state index contributed by atoms with van der Waals surface area (Å²) >= 11 is 10.2. The van der Waals surface area contributed by atoms with Gasteiger partial charge in [-0.15, -0.1) is 11.3 Å². The number of rotatable bonds is 2. The Morgan fingerprint density at radius 1 is 1.73 bits per heavy atom. The molecule has 2 N–H and O–H groups in total. The van der Waals surface area contributed by atoms with Gasteiger partial charge in [-0.05, 0) is 22.0 Å². The van der Waals surface area contributed by atoms with Crippen molar-refractivity contribution in [3.8, 4) is 0 Å². The van der Waals surface area contributed by atoms with Gasteiger partial charge in [-0.25, -0.2) is 0 Å². The van der Waals surface area contributed by atoms with Crippen LogP contribution in [0.25, 0.3) is 0 Å². The molecule has 0 bridgehead atoms. The molecule has 1 unspecified atom stereocenters. The van der Waals surface area contributed by atoms with Crippen molar-refractivity contribution >= 4 is 38.9 Å². The van der Waals surface area contributed by atoms with E-state index in [-0.39, 0.29) is 6.61 Å². The smallest absolute Gasteiger partial charge is 0.111 e. The second kappa shape index (κ2) is 3.87.